The number of nitro groups is 1. The number of carbonyl (C=O) groups is 2. The minimum absolute atomic E-state index is 0.101. The van der Waals surface area contributed by atoms with Gasteiger partial charge in [0.2, 0.25) is 11.0 Å². The Bertz CT molecular complexity index is 1130. The van der Waals surface area contributed by atoms with Gasteiger partial charge in [-0.1, -0.05) is 41.2 Å². The highest BCUT2D eigenvalue weighted by molar-refractivity contribution is 7.18. The van der Waals surface area contributed by atoms with Gasteiger partial charge in [-0.15, -0.1) is 10.2 Å². The molecule has 3 rings (SSSR count). The molecule has 10 heteroatoms. The van der Waals surface area contributed by atoms with Gasteiger partial charge >= 0.3 is 0 Å². The van der Waals surface area contributed by atoms with Crippen LogP contribution >= 0.6 is 11.3 Å². The number of amides is 2. The van der Waals surface area contributed by atoms with Crippen LogP contribution in [0.15, 0.2) is 42.5 Å². The number of nitrogens with zero attached hydrogens (tertiary/aromatic N) is 3. The molecular formula is C20H19N5O4S. The predicted octanol–water partition coefficient (Wildman–Crippen LogP) is 3.49. The van der Waals surface area contributed by atoms with Crippen LogP contribution in [0.5, 0.6) is 0 Å². The Hall–Kier alpha value is -3.66. The van der Waals surface area contributed by atoms with Gasteiger partial charge in [0.1, 0.15) is 11.0 Å². The molecule has 0 fully saturated rings. The third-order valence-corrected chi connectivity index (χ3v) is 5.22. The zero-order valence-electron chi connectivity index (χ0n) is 16.5. The molecule has 1 atom stereocenters. The van der Waals surface area contributed by atoms with E-state index in [1.807, 2.05) is 31.2 Å². The summed E-state index contributed by atoms with van der Waals surface area (Å²) < 4.78 is 0. The maximum atomic E-state index is 12.4. The van der Waals surface area contributed by atoms with Crippen LogP contribution in [0.1, 0.15) is 28.4 Å². The summed E-state index contributed by atoms with van der Waals surface area (Å²) in [5.74, 6) is -1.06. The molecule has 0 saturated carbocycles. The number of rotatable bonds is 6. The molecule has 154 valence electrons. The van der Waals surface area contributed by atoms with Crippen LogP contribution in [-0.4, -0.2) is 33.0 Å². The molecule has 3 aromatic rings. The average Bonchev–Trinajstić information content (AvgIpc) is 3.16. The number of carbonyl (C=O) groups excluding carboxylic acids is 2. The van der Waals surface area contributed by atoms with Crippen molar-refractivity contribution in [3.63, 3.8) is 0 Å². The first-order valence-corrected chi connectivity index (χ1v) is 9.83. The van der Waals surface area contributed by atoms with E-state index >= 15 is 0 Å². The highest BCUT2D eigenvalue weighted by atomic mass is 32.1. The summed E-state index contributed by atoms with van der Waals surface area (Å²) >= 11 is 1.22. The molecule has 1 heterocycles. The minimum atomic E-state index is -0.885. The second kappa shape index (κ2) is 8.78. The summed E-state index contributed by atoms with van der Waals surface area (Å²) in [6.45, 7) is 5.07. The molecule has 30 heavy (non-hydrogen) atoms. The number of anilines is 1. The van der Waals surface area contributed by atoms with Gasteiger partial charge in [-0.25, -0.2) is 0 Å². The Balaban J connectivity index is 1.65. The summed E-state index contributed by atoms with van der Waals surface area (Å²) in [6, 6.07) is 11.0. The molecule has 0 bridgehead atoms. The summed E-state index contributed by atoms with van der Waals surface area (Å²) in [6.07, 6.45) is 0. The molecule has 0 aliphatic carbocycles. The normalized spacial score (nSPS) is 11.6. The molecule has 2 aromatic carbocycles. The SMILES string of the molecule is Cc1cccc(-c2nnc(NC(=O)C(C)NC(=O)c3ccc(C)c([N+](=O)[O-])c3)s2)c1. The van der Waals surface area contributed by atoms with Crippen molar-refractivity contribution < 1.29 is 14.5 Å². The van der Waals surface area contributed by atoms with Crippen LogP contribution in [0.3, 0.4) is 0 Å². The van der Waals surface area contributed by atoms with E-state index in [0.29, 0.717) is 15.7 Å². The predicted molar refractivity (Wildman–Crippen MR) is 113 cm³/mol. The topological polar surface area (TPSA) is 127 Å². The fourth-order valence-electron chi connectivity index (χ4n) is 2.67. The maximum absolute atomic E-state index is 12.4. The van der Waals surface area contributed by atoms with Gasteiger partial charge in [0.15, 0.2) is 0 Å². The first-order chi connectivity index (χ1) is 14.2. The standard InChI is InChI=1S/C20H19N5O4S/c1-11-5-4-6-15(9-11)19-23-24-20(30-19)22-17(26)13(3)21-18(27)14-8-7-12(2)16(10-14)25(28)29/h4-10,13H,1-3H3,(H,21,27)(H,22,24,26). The molecule has 0 spiro atoms. The van der Waals surface area contributed by atoms with Crippen molar-refractivity contribution in [2.75, 3.05) is 5.32 Å². The number of nitro benzene ring substituents is 1. The maximum Gasteiger partial charge on any atom is 0.273 e. The highest BCUT2D eigenvalue weighted by Crippen LogP contribution is 2.27. The van der Waals surface area contributed by atoms with E-state index in [-0.39, 0.29) is 11.3 Å². The molecular weight excluding hydrogens is 406 g/mol. The van der Waals surface area contributed by atoms with Gasteiger partial charge in [-0.3, -0.25) is 25.0 Å². The molecule has 0 aliphatic rings. The van der Waals surface area contributed by atoms with Crippen molar-refractivity contribution in [2.45, 2.75) is 26.8 Å². The van der Waals surface area contributed by atoms with Gasteiger partial charge in [-0.05, 0) is 32.9 Å². The van der Waals surface area contributed by atoms with Gasteiger partial charge in [0.05, 0.1) is 4.92 Å². The van der Waals surface area contributed by atoms with Crippen molar-refractivity contribution in [1.82, 2.24) is 15.5 Å². The van der Waals surface area contributed by atoms with E-state index in [4.69, 9.17) is 0 Å². The fourth-order valence-corrected chi connectivity index (χ4v) is 3.42. The second-order valence-corrected chi connectivity index (χ2v) is 7.70. The highest BCUT2D eigenvalue weighted by Gasteiger charge is 2.20. The molecule has 2 amide bonds. The fraction of sp³-hybridized carbons (Fsp3) is 0.200. The molecule has 0 radical (unpaired) electrons. The first-order valence-electron chi connectivity index (χ1n) is 9.02. The molecule has 1 aromatic heterocycles. The summed E-state index contributed by atoms with van der Waals surface area (Å²) in [7, 11) is 0. The van der Waals surface area contributed by atoms with E-state index in [9.17, 15) is 19.7 Å². The first kappa shape index (κ1) is 21.1. The Morgan fingerprint density at radius 2 is 1.90 bits per heavy atom. The summed E-state index contributed by atoms with van der Waals surface area (Å²) in [5, 5.41) is 25.2. The van der Waals surface area contributed by atoms with E-state index in [0.717, 1.165) is 11.1 Å². The van der Waals surface area contributed by atoms with Crippen LogP contribution in [-0.2, 0) is 4.79 Å². The summed E-state index contributed by atoms with van der Waals surface area (Å²) in [5.41, 5.74) is 2.38. The smallest absolute Gasteiger partial charge is 0.273 e. The number of nitrogens with one attached hydrogen (secondary N) is 2. The van der Waals surface area contributed by atoms with E-state index in [2.05, 4.69) is 20.8 Å². The van der Waals surface area contributed by atoms with Gasteiger partial charge in [0.25, 0.3) is 11.6 Å². The van der Waals surface area contributed by atoms with Crippen LogP contribution in [0.25, 0.3) is 10.6 Å². The van der Waals surface area contributed by atoms with E-state index in [1.54, 1.807) is 6.92 Å². The van der Waals surface area contributed by atoms with Gasteiger partial charge in [0, 0.05) is 22.8 Å². The molecule has 9 nitrogen and oxygen atoms in total. The lowest BCUT2D eigenvalue weighted by Crippen LogP contribution is -2.41. The number of aromatic nitrogens is 2. The zero-order valence-corrected chi connectivity index (χ0v) is 17.3. The largest absolute Gasteiger partial charge is 0.341 e. The number of benzene rings is 2. The molecule has 1 unspecified atom stereocenters. The molecule has 0 saturated heterocycles. The Labute approximate surface area is 176 Å². The van der Waals surface area contributed by atoms with Gasteiger partial charge in [-0.2, -0.15) is 0 Å². The van der Waals surface area contributed by atoms with Crippen molar-refractivity contribution in [2.24, 2.45) is 0 Å². The number of hydrogen-bond donors (Lipinski definition) is 2. The summed E-state index contributed by atoms with van der Waals surface area (Å²) in [4.78, 5) is 35.3. The van der Waals surface area contributed by atoms with Crippen molar-refractivity contribution >= 4 is 34.0 Å². The average molecular weight is 425 g/mol. The van der Waals surface area contributed by atoms with Crippen molar-refractivity contribution in [3.05, 3.63) is 69.3 Å². The van der Waals surface area contributed by atoms with Crippen LogP contribution < -0.4 is 10.6 Å². The Morgan fingerprint density at radius 1 is 1.13 bits per heavy atom. The van der Waals surface area contributed by atoms with Crippen LogP contribution in [0.2, 0.25) is 0 Å². The number of hydrogen-bond acceptors (Lipinski definition) is 7. The quantitative estimate of drug-likeness (QED) is 0.460. The molecule has 0 aliphatic heterocycles. The van der Waals surface area contributed by atoms with Crippen molar-refractivity contribution in [1.29, 1.82) is 0 Å². The van der Waals surface area contributed by atoms with Crippen LogP contribution in [0.4, 0.5) is 10.8 Å². The lowest BCUT2D eigenvalue weighted by Gasteiger charge is -2.13. The second-order valence-electron chi connectivity index (χ2n) is 6.72. The third-order valence-electron chi connectivity index (χ3n) is 4.33. The monoisotopic (exact) mass is 425 g/mol. The third kappa shape index (κ3) is 4.84. The van der Waals surface area contributed by atoms with E-state index in [1.165, 1.54) is 36.5 Å². The molecule has 2 N–H and O–H groups in total. The lowest BCUT2D eigenvalue weighted by molar-refractivity contribution is -0.385. The van der Waals surface area contributed by atoms with E-state index < -0.39 is 22.8 Å². The number of aryl methyl sites for hydroxylation is 2. The lowest BCUT2D eigenvalue weighted by atomic mass is 10.1. The van der Waals surface area contributed by atoms with Crippen molar-refractivity contribution in [3.8, 4) is 10.6 Å². The minimum Gasteiger partial charge on any atom is -0.341 e. The van der Waals surface area contributed by atoms with Gasteiger partial charge < -0.3 is 5.32 Å². The zero-order chi connectivity index (χ0) is 21.8. The van der Waals surface area contributed by atoms with Crippen LogP contribution in [0, 0.1) is 24.0 Å². The Kier molecular flexibility index (Phi) is 6.17. The Morgan fingerprint density at radius 3 is 2.60 bits per heavy atom.